The van der Waals surface area contributed by atoms with Crippen molar-refractivity contribution in [2.75, 3.05) is 6.54 Å². The van der Waals surface area contributed by atoms with Crippen LogP contribution in [0.5, 0.6) is 0 Å². The highest BCUT2D eigenvalue weighted by molar-refractivity contribution is 8.14. The van der Waals surface area contributed by atoms with Gasteiger partial charge in [-0.1, -0.05) is 12.1 Å². The molecule has 0 saturated heterocycles. The van der Waals surface area contributed by atoms with Crippen LogP contribution < -0.4 is 0 Å². The van der Waals surface area contributed by atoms with E-state index in [1.54, 1.807) is 12.1 Å². The molecule has 1 aromatic rings. The molecule has 118 valence electrons. The zero-order valence-electron chi connectivity index (χ0n) is 11.8. The number of carbonyl (C=O) groups is 3. The summed E-state index contributed by atoms with van der Waals surface area (Å²) in [6.45, 7) is 0.978. The summed E-state index contributed by atoms with van der Waals surface area (Å²) in [5.41, 5.74) is 0.481. The molecule has 1 heterocycles. The molecule has 1 aliphatic heterocycles. The quantitative estimate of drug-likeness (QED) is 0.578. The van der Waals surface area contributed by atoms with E-state index in [0.29, 0.717) is 0 Å². The molecule has 22 heavy (non-hydrogen) atoms. The third kappa shape index (κ3) is 3.36. The molecule has 0 N–H and O–H groups in total. The minimum atomic E-state index is -4.01. The molecule has 6 nitrogen and oxygen atoms in total. The van der Waals surface area contributed by atoms with Crippen LogP contribution >= 0.6 is 10.7 Å². The second-order valence-corrected chi connectivity index (χ2v) is 8.01. The van der Waals surface area contributed by atoms with Crippen LogP contribution in [0.15, 0.2) is 24.3 Å². The number of ketones is 1. The third-order valence-corrected chi connectivity index (χ3v) is 5.42. The number of hydrogen-bond acceptors (Lipinski definition) is 5. The normalized spacial score (nSPS) is 15.8. The van der Waals surface area contributed by atoms with Gasteiger partial charge in [0, 0.05) is 23.6 Å². The fraction of sp³-hybridized carbons (Fsp3) is 0.357. The molecule has 0 saturated carbocycles. The molecule has 0 fully saturated rings. The lowest BCUT2D eigenvalue weighted by molar-refractivity contribution is -0.117. The fourth-order valence-corrected chi connectivity index (χ4v) is 3.46. The predicted molar refractivity (Wildman–Crippen MR) is 80.3 cm³/mol. The lowest BCUT2D eigenvalue weighted by Crippen LogP contribution is -2.39. The summed E-state index contributed by atoms with van der Waals surface area (Å²) in [6.07, 6.45) is -0.0195. The Morgan fingerprint density at radius 3 is 2.09 bits per heavy atom. The Morgan fingerprint density at radius 2 is 1.68 bits per heavy atom. The molecule has 0 radical (unpaired) electrons. The second kappa shape index (κ2) is 6.18. The molecule has 2 amide bonds. The van der Waals surface area contributed by atoms with E-state index in [2.05, 4.69) is 0 Å². The zero-order valence-corrected chi connectivity index (χ0v) is 13.4. The first-order chi connectivity index (χ1) is 10.2. The summed E-state index contributed by atoms with van der Waals surface area (Å²) in [5, 5.41) is -1.17. The average molecular weight is 344 g/mol. The molecule has 8 heteroatoms. The number of nitrogens with zero attached hydrogens (tertiary/aromatic N) is 1. The molecule has 1 atom stereocenters. The Labute approximate surface area is 132 Å². The first-order valence-electron chi connectivity index (χ1n) is 6.60. The predicted octanol–water partition coefficient (Wildman–Crippen LogP) is 1.59. The molecule has 2 rings (SSSR count). The number of rotatable bonds is 6. The van der Waals surface area contributed by atoms with Gasteiger partial charge in [-0.25, -0.2) is 8.42 Å². The number of hydrogen-bond donors (Lipinski definition) is 0. The van der Waals surface area contributed by atoms with Gasteiger partial charge in [0.05, 0.1) is 16.4 Å². The van der Waals surface area contributed by atoms with Crippen molar-refractivity contribution in [2.45, 2.75) is 25.0 Å². The number of halogens is 1. The van der Waals surface area contributed by atoms with E-state index >= 15 is 0 Å². The van der Waals surface area contributed by atoms with E-state index in [4.69, 9.17) is 10.7 Å². The van der Waals surface area contributed by atoms with Gasteiger partial charge in [0.2, 0.25) is 9.05 Å². The van der Waals surface area contributed by atoms with Crippen molar-refractivity contribution < 1.29 is 22.8 Å². The minimum Gasteiger partial charge on any atom is -0.300 e. The standard InChI is InChI=1S/C14H14ClNO5S/c1-9(17)6-7-10(22(15,20)21)8-16-13(18)11-4-2-3-5-12(11)14(16)19/h2-5,10H,6-8H2,1H3. The second-order valence-electron chi connectivity index (χ2n) is 5.10. The number of carbonyl (C=O) groups excluding carboxylic acids is 3. The largest absolute Gasteiger partial charge is 0.300 e. The monoisotopic (exact) mass is 343 g/mol. The summed E-state index contributed by atoms with van der Waals surface area (Å²) < 4.78 is 23.2. The van der Waals surface area contributed by atoms with Crippen molar-refractivity contribution in [1.82, 2.24) is 4.90 Å². The summed E-state index contributed by atoms with van der Waals surface area (Å²) in [4.78, 5) is 36.3. The topological polar surface area (TPSA) is 88.6 Å². The van der Waals surface area contributed by atoms with Gasteiger partial charge in [0.25, 0.3) is 11.8 Å². The molecule has 0 aliphatic carbocycles. The van der Waals surface area contributed by atoms with Crippen molar-refractivity contribution in [2.24, 2.45) is 0 Å². The molecule has 1 aliphatic rings. The summed E-state index contributed by atoms with van der Waals surface area (Å²) in [7, 11) is 1.37. The van der Waals surface area contributed by atoms with Crippen molar-refractivity contribution in [1.29, 1.82) is 0 Å². The molecule has 0 aromatic heterocycles. The Hall–Kier alpha value is -1.73. The van der Waals surface area contributed by atoms with Crippen molar-refractivity contribution in [3.05, 3.63) is 35.4 Å². The Bertz CT molecular complexity index is 708. The van der Waals surface area contributed by atoms with E-state index in [9.17, 15) is 22.8 Å². The molecule has 1 unspecified atom stereocenters. The van der Waals surface area contributed by atoms with E-state index in [1.165, 1.54) is 19.1 Å². The first-order valence-corrected chi connectivity index (χ1v) is 8.97. The van der Waals surface area contributed by atoms with Gasteiger partial charge >= 0.3 is 0 Å². The molecule has 0 bridgehead atoms. The van der Waals surface area contributed by atoms with E-state index in [1.807, 2.05) is 0 Å². The van der Waals surface area contributed by atoms with Gasteiger partial charge < -0.3 is 4.79 Å². The maximum atomic E-state index is 12.2. The smallest absolute Gasteiger partial charge is 0.261 e. The van der Waals surface area contributed by atoms with Gasteiger partial charge in [-0.3, -0.25) is 14.5 Å². The number of imide groups is 1. The van der Waals surface area contributed by atoms with Gasteiger partial charge in [-0.2, -0.15) is 0 Å². The van der Waals surface area contributed by atoms with Crippen LogP contribution in [0.3, 0.4) is 0 Å². The van der Waals surface area contributed by atoms with Crippen molar-refractivity contribution in [3.63, 3.8) is 0 Å². The van der Waals surface area contributed by atoms with Crippen molar-refractivity contribution >= 4 is 37.3 Å². The first kappa shape index (κ1) is 16.6. The highest BCUT2D eigenvalue weighted by Crippen LogP contribution is 2.25. The average Bonchev–Trinajstić information content (AvgIpc) is 2.67. The van der Waals surface area contributed by atoms with Crippen LogP contribution in [-0.4, -0.2) is 42.7 Å². The summed E-state index contributed by atoms with van der Waals surface area (Å²) in [5.74, 6) is -1.28. The van der Waals surface area contributed by atoms with E-state index < -0.39 is 26.1 Å². The SMILES string of the molecule is CC(=O)CCC(CN1C(=O)c2ccccc2C1=O)S(=O)(=O)Cl. The van der Waals surface area contributed by atoms with E-state index in [0.717, 1.165) is 4.90 Å². The van der Waals surface area contributed by atoms with Gasteiger partial charge in [0.15, 0.2) is 0 Å². The van der Waals surface area contributed by atoms with Gasteiger partial charge in [0.1, 0.15) is 5.78 Å². The van der Waals surface area contributed by atoms with Crippen LogP contribution in [-0.2, 0) is 13.8 Å². The maximum absolute atomic E-state index is 12.2. The van der Waals surface area contributed by atoms with Crippen LogP contribution in [0.2, 0.25) is 0 Å². The maximum Gasteiger partial charge on any atom is 0.261 e. The summed E-state index contributed by atoms with van der Waals surface area (Å²) in [6, 6.07) is 6.27. The zero-order chi connectivity index (χ0) is 16.5. The Kier molecular flexibility index (Phi) is 4.67. The lowest BCUT2D eigenvalue weighted by Gasteiger charge is -2.19. The molecular formula is C14H14ClNO5S. The van der Waals surface area contributed by atoms with E-state index in [-0.39, 0.29) is 36.3 Å². The number of fused-ring (bicyclic) bond motifs is 1. The van der Waals surface area contributed by atoms with Gasteiger partial charge in [-0.15, -0.1) is 0 Å². The highest BCUT2D eigenvalue weighted by Gasteiger charge is 2.38. The molecular weight excluding hydrogens is 330 g/mol. The lowest BCUT2D eigenvalue weighted by atomic mass is 10.1. The Balaban J connectivity index is 2.23. The van der Waals surface area contributed by atoms with Gasteiger partial charge in [-0.05, 0) is 25.5 Å². The number of amides is 2. The van der Waals surface area contributed by atoms with Crippen LogP contribution in [0.1, 0.15) is 40.5 Å². The van der Waals surface area contributed by atoms with Crippen LogP contribution in [0.25, 0.3) is 0 Å². The Morgan fingerprint density at radius 1 is 1.18 bits per heavy atom. The molecule has 1 aromatic carbocycles. The minimum absolute atomic E-state index is 0.0137. The highest BCUT2D eigenvalue weighted by atomic mass is 35.7. The van der Waals surface area contributed by atoms with Crippen LogP contribution in [0, 0.1) is 0 Å². The van der Waals surface area contributed by atoms with Crippen molar-refractivity contribution in [3.8, 4) is 0 Å². The number of benzene rings is 1. The van der Waals surface area contributed by atoms with Crippen LogP contribution in [0.4, 0.5) is 0 Å². The fourth-order valence-electron chi connectivity index (χ4n) is 2.29. The molecule has 0 spiro atoms. The number of Topliss-reactive ketones (excluding diaryl/α,β-unsaturated/α-hetero) is 1. The third-order valence-electron chi connectivity index (χ3n) is 3.48. The summed E-state index contributed by atoms with van der Waals surface area (Å²) >= 11 is 0.